The van der Waals surface area contributed by atoms with E-state index in [1.165, 1.54) is 70.2 Å². The van der Waals surface area contributed by atoms with Crippen molar-refractivity contribution in [1.29, 1.82) is 0 Å². The van der Waals surface area contributed by atoms with Crippen LogP contribution in [0.2, 0.25) is 0 Å². The van der Waals surface area contributed by atoms with Gasteiger partial charge < -0.3 is 0 Å². The summed E-state index contributed by atoms with van der Waals surface area (Å²) in [4.78, 5) is 0. The van der Waals surface area contributed by atoms with Crippen LogP contribution in [-0.2, 0) is 0 Å². The molecule has 0 bridgehead atoms. The molecule has 0 nitrogen and oxygen atoms in total. The third-order valence-electron chi connectivity index (χ3n) is 6.39. The zero-order chi connectivity index (χ0) is 17.7. The summed E-state index contributed by atoms with van der Waals surface area (Å²) in [7, 11) is 0. The van der Waals surface area contributed by atoms with Crippen LogP contribution < -0.4 is 0 Å². The van der Waals surface area contributed by atoms with Gasteiger partial charge in [0.25, 0.3) is 0 Å². The third kappa shape index (κ3) is 1.48. The molecule has 7 aromatic carbocycles. The number of benzene rings is 5. The first-order valence-electron chi connectivity index (χ1n) is 9.55. The zero-order valence-corrected chi connectivity index (χ0v) is 15.0. The summed E-state index contributed by atoms with van der Waals surface area (Å²) in [6.45, 7) is 2.19. The minimum Gasteiger partial charge on any atom is -0.0616 e. The van der Waals surface area contributed by atoms with Crippen molar-refractivity contribution >= 4 is 64.6 Å². The molecule has 0 heteroatoms. The lowest BCUT2D eigenvalue weighted by atomic mass is 9.95. The molecule has 27 heavy (non-hydrogen) atoms. The standard InChI is InChI=1S/C27H16/c1-15-12-13-17-20-9-5-10-21-24-18-7-3-2-6-16(18)19-8-4-11-22(25(19)24)27(26(20)21)23(17)14-15/h2-14H,1H3. The number of fused-ring (bicyclic) bond motifs is 8. The minimum atomic E-state index is 1.32. The van der Waals surface area contributed by atoms with Gasteiger partial charge in [-0.15, -0.1) is 0 Å². The SMILES string of the molecule is Cc1ccc2c3cccc4c5c6ccccc6c6cccc(c65)c(c2c1)c34. The molecule has 0 aliphatic rings. The summed E-state index contributed by atoms with van der Waals surface area (Å²) in [6, 6.07) is 29.4. The van der Waals surface area contributed by atoms with Gasteiger partial charge in [-0.25, -0.2) is 0 Å². The molecule has 0 aliphatic carbocycles. The van der Waals surface area contributed by atoms with Crippen LogP contribution in [0.4, 0.5) is 0 Å². The first kappa shape index (κ1) is 13.8. The predicted molar refractivity (Wildman–Crippen MR) is 119 cm³/mol. The largest absolute Gasteiger partial charge is 0.0616 e. The van der Waals surface area contributed by atoms with Crippen molar-refractivity contribution in [2.45, 2.75) is 6.92 Å². The van der Waals surface area contributed by atoms with Crippen LogP contribution in [0.15, 0.2) is 78.9 Å². The summed E-state index contributed by atoms with van der Waals surface area (Å²) in [5.74, 6) is 0. The van der Waals surface area contributed by atoms with Crippen molar-refractivity contribution in [3.05, 3.63) is 84.4 Å². The molecule has 0 saturated heterocycles. The summed E-state index contributed by atoms with van der Waals surface area (Å²) in [5.41, 5.74) is 1.32. The van der Waals surface area contributed by atoms with E-state index in [1.807, 2.05) is 0 Å². The van der Waals surface area contributed by atoms with Crippen molar-refractivity contribution in [2.24, 2.45) is 0 Å². The molecule has 0 aliphatic heterocycles. The highest BCUT2D eigenvalue weighted by Crippen LogP contribution is 2.49. The average molecular weight is 340 g/mol. The molecule has 0 unspecified atom stereocenters. The highest BCUT2D eigenvalue weighted by atomic mass is 14.2. The van der Waals surface area contributed by atoms with Crippen LogP contribution in [0.1, 0.15) is 5.56 Å². The van der Waals surface area contributed by atoms with Gasteiger partial charge in [-0.1, -0.05) is 84.4 Å². The molecule has 0 fully saturated rings. The maximum atomic E-state index is 2.36. The van der Waals surface area contributed by atoms with E-state index in [1.54, 1.807) is 0 Å². The second-order valence-corrected chi connectivity index (χ2v) is 7.80. The Labute approximate surface area is 156 Å². The molecule has 7 rings (SSSR count). The van der Waals surface area contributed by atoms with Crippen LogP contribution >= 0.6 is 0 Å². The van der Waals surface area contributed by atoms with Gasteiger partial charge in [-0.05, 0) is 71.6 Å². The number of aryl methyl sites for hydroxylation is 1. The van der Waals surface area contributed by atoms with Crippen LogP contribution in [0.5, 0.6) is 0 Å². The Morgan fingerprint density at radius 2 is 0.815 bits per heavy atom. The Morgan fingerprint density at radius 3 is 1.44 bits per heavy atom. The molecule has 0 amide bonds. The lowest BCUT2D eigenvalue weighted by Crippen LogP contribution is -1.79. The second-order valence-electron chi connectivity index (χ2n) is 7.80. The van der Waals surface area contributed by atoms with E-state index in [9.17, 15) is 0 Å². The molecule has 0 radical (unpaired) electrons. The number of rotatable bonds is 0. The molecular weight excluding hydrogens is 324 g/mol. The van der Waals surface area contributed by atoms with Gasteiger partial charge in [0, 0.05) is 0 Å². The molecule has 0 heterocycles. The quantitative estimate of drug-likeness (QED) is 0.247. The molecular formula is C27H16. The highest BCUT2D eigenvalue weighted by Gasteiger charge is 2.20. The monoisotopic (exact) mass is 340 g/mol. The van der Waals surface area contributed by atoms with E-state index < -0.39 is 0 Å². The van der Waals surface area contributed by atoms with Gasteiger partial charge in [-0.2, -0.15) is 0 Å². The molecule has 0 N–H and O–H groups in total. The highest BCUT2D eigenvalue weighted by molar-refractivity contribution is 6.47. The van der Waals surface area contributed by atoms with Gasteiger partial charge in [-0.3, -0.25) is 0 Å². The van der Waals surface area contributed by atoms with E-state index in [4.69, 9.17) is 0 Å². The second kappa shape index (κ2) is 4.47. The fourth-order valence-corrected chi connectivity index (χ4v) is 5.37. The van der Waals surface area contributed by atoms with Crippen molar-refractivity contribution in [3.63, 3.8) is 0 Å². The van der Waals surface area contributed by atoms with Gasteiger partial charge in [0.05, 0.1) is 0 Å². The average Bonchev–Trinajstić information content (AvgIpc) is 3.21. The van der Waals surface area contributed by atoms with Crippen molar-refractivity contribution in [1.82, 2.24) is 0 Å². The van der Waals surface area contributed by atoms with Gasteiger partial charge >= 0.3 is 0 Å². The lowest BCUT2D eigenvalue weighted by Gasteiger charge is -2.07. The fraction of sp³-hybridized carbons (Fsp3) is 0.0370. The minimum absolute atomic E-state index is 1.32. The predicted octanol–water partition coefficient (Wildman–Crippen LogP) is 7.79. The Balaban J connectivity index is 1.99. The Hall–Kier alpha value is -3.38. The fourth-order valence-electron chi connectivity index (χ4n) is 5.37. The van der Waals surface area contributed by atoms with Crippen LogP contribution in [0, 0.1) is 6.92 Å². The van der Waals surface area contributed by atoms with Crippen LogP contribution in [-0.4, -0.2) is 0 Å². The first-order valence-corrected chi connectivity index (χ1v) is 9.55. The van der Waals surface area contributed by atoms with Crippen LogP contribution in [0.3, 0.4) is 0 Å². The normalized spacial score (nSPS) is 12.6. The molecule has 0 aromatic heterocycles. The van der Waals surface area contributed by atoms with Crippen molar-refractivity contribution in [3.8, 4) is 0 Å². The van der Waals surface area contributed by atoms with E-state index in [-0.39, 0.29) is 0 Å². The first-order chi connectivity index (χ1) is 13.3. The summed E-state index contributed by atoms with van der Waals surface area (Å²) in [6.07, 6.45) is 0. The molecule has 0 saturated carbocycles. The van der Waals surface area contributed by atoms with Crippen molar-refractivity contribution < 1.29 is 0 Å². The van der Waals surface area contributed by atoms with E-state index in [2.05, 4.69) is 85.8 Å². The Bertz CT molecular complexity index is 1670. The molecule has 124 valence electrons. The lowest BCUT2D eigenvalue weighted by molar-refractivity contribution is 1.52. The zero-order valence-electron chi connectivity index (χ0n) is 15.0. The van der Waals surface area contributed by atoms with Gasteiger partial charge in [0.15, 0.2) is 0 Å². The Kier molecular flexibility index (Phi) is 2.28. The third-order valence-corrected chi connectivity index (χ3v) is 6.39. The number of hydrogen-bond donors (Lipinski definition) is 0. The smallest absolute Gasteiger partial charge is 0.00136 e. The maximum Gasteiger partial charge on any atom is -0.00136 e. The van der Waals surface area contributed by atoms with E-state index >= 15 is 0 Å². The van der Waals surface area contributed by atoms with Gasteiger partial charge in [0.2, 0.25) is 0 Å². The van der Waals surface area contributed by atoms with Crippen molar-refractivity contribution in [2.75, 3.05) is 0 Å². The number of hydrogen-bond acceptors (Lipinski definition) is 0. The molecule has 0 spiro atoms. The van der Waals surface area contributed by atoms with Gasteiger partial charge in [0.1, 0.15) is 0 Å². The summed E-state index contributed by atoms with van der Waals surface area (Å²) in [5, 5.41) is 16.7. The molecule has 7 aromatic rings. The van der Waals surface area contributed by atoms with E-state index in [0.717, 1.165) is 0 Å². The Morgan fingerprint density at radius 1 is 0.370 bits per heavy atom. The molecule has 0 atom stereocenters. The summed E-state index contributed by atoms with van der Waals surface area (Å²) >= 11 is 0. The van der Waals surface area contributed by atoms with Crippen LogP contribution in [0.25, 0.3) is 64.6 Å². The maximum absolute atomic E-state index is 2.36. The van der Waals surface area contributed by atoms with E-state index in [0.29, 0.717) is 0 Å². The topological polar surface area (TPSA) is 0 Å². The summed E-state index contributed by atoms with van der Waals surface area (Å²) < 4.78 is 0.